The second-order valence-corrected chi connectivity index (χ2v) is 5.79. The van der Waals surface area contributed by atoms with Crippen molar-refractivity contribution in [2.24, 2.45) is 0 Å². The first kappa shape index (κ1) is 15.9. The lowest BCUT2D eigenvalue weighted by Crippen LogP contribution is -2.15. The fourth-order valence-corrected chi connectivity index (χ4v) is 2.67. The van der Waals surface area contributed by atoms with Crippen LogP contribution in [0.1, 0.15) is 5.56 Å². The van der Waals surface area contributed by atoms with Crippen LogP contribution in [0, 0.1) is 5.82 Å². The molecule has 0 saturated carbocycles. The number of rotatable bonds is 4. The highest BCUT2D eigenvalue weighted by Crippen LogP contribution is 2.23. The second-order valence-electron chi connectivity index (χ2n) is 5.79. The molecule has 0 radical (unpaired) electrons. The molecule has 0 fully saturated rings. The number of nitrogens with one attached hydrogen (secondary N) is 2. The zero-order valence-electron chi connectivity index (χ0n) is 13.6. The first-order valence-corrected chi connectivity index (χ1v) is 7.98. The number of aromatic amines is 1. The van der Waals surface area contributed by atoms with Gasteiger partial charge in [-0.3, -0.25) is 4.79 Å². The van der Waals surface area contributed by atoms with Crippen molar-refractivity contribution in [2.45, 2.75) is 6.42 Å². The van der Waals surface area contributed by atoms with Crippen LogP contribution in [-0.2, 0) is 11.2 Å². The third-order valence-electron chi connectivity index (χ3n) is 3.92. The zero-order valence-corrected chi connectivity index (χ0v) is 13.6. The number of anilines is 1. The molecule has 1 amide bonds. The van der Waals surface area contributed by atoms with Crippen molar-refractivity contribution in [2.75, 3.05) is 5.32 Å². The van der Waals surface area contributed by atoms with Gasteiger partial charge in [0.1, 0.15) is 17.2 Å². The number of carbonyl (C=O) groups excluding carboxylic acids is 1. The van der Waals surface area contributed by atoms with E-state index in [-0.39, 0.29) is 18.1 Å². The fraction of sp³-hybridized carbons (Fsp3) is 0.0526. The molecule has 26 heavy (non-hydrogen) atoms. The minimum Gasteiger partial charge on any atom is -0.353 e. The summed E-state index contributed by atoms with van der Waals surface area (Å²) in [4.78, 5) is 19.6. The molecule has 0 aliphatic rings. The van der Waals surface area contributed by atoms with Gasteiger partial charge in [-0.15, -0.1) is 5.10 Å². The zero-order chi connectivity index (χ0) is 17.9. The van der Waals surface area contributed by atoms with E-state index in [2.05, 4.69) is 25.5 Å². The summed E-state index contributed by atoms with van der Waals surface area (Å²) < 4.78 is 12.9. The van der Waals surface area contributed by atoms with Gasteiger partial charge in [0.2, 0.25) is 5.91 Å². The van der Waals surface area contributed by atoms with Crippen molar-refractivity contribution >= 4 is 22.8 Å². The minimum atomic E-state index is -0.327. The van der Waals surface area contributed by atoms with E-state index in [0.29, 0.717) is 5.82 Å². The molecule has 128 valence electrons. The van der Waals surface area contributed by atoms with Crippen LogP contribution in [-0.4, -0.2) is 26.1 Å². The van der Waals surface area contributed by atoms with E-state index in [1.165, 1.54) is 12.1 Å². The summed E-state index contributed by atoms with van der Waals surface area (Å²) in [5, 5.41) is 10.7. The molecule has 0 atom stereocenters. The molecule has 0 saturated heterocycles. The highest BCUT2D eigenvalue weighted by atomic mass is 19.1. The van der Waals surface area contributed by atoms with Crippen LogP contribution in [0.5, 0.6) is 0 Å². The highest BCUT2D eigenvalue weighted by molar-refractivity contribution is 5.92. The summed E-state index contributed by atoms with van der Waals surface area (Å²) in [5.41, 5.74) is 4.11. The van der Waals surface area contributed by atoms with Gasteiger partial charge >= 0.3 is 0 Å². The van der Waals surface area contributed by atoms with E-state index in [1.807, 2.05) is 18.2 Å². The van der Waals surface area contributed by atoms with E-state index in [9.17, 15) is 9.18 Å². The van der Waals surface area contributed by atoms with Crippen LogP contribution < -0.4 is 5.32 Å². The summed E-state index contributed by atoms with van der Waals surface area (Å²) in [6, 6.07) is 13.2. The van der Waals surface area contributed by atoms with Gasteiger partial charge in [0.15, 0.2) is 0 Å². The summed E-state index contributed by atoms with van der Waals surface area (Å²) in [6.07, 6.45) is 3.39. The molecule has 3 heterocycles. The van der Waals surface area contributed by atoms with Crippen molar-refractivity contribution in [1.82, 2.24) is 20.2 Å². The van der Waals surface area contributed by atoms with Gasteiger partial charge in [0.05, 0.1) is 18.1 Å². The number of hydrogen-bond donors (Lipinski definition) is 2. The minimum absolute atomic E-state index is 0.147. The monoisotopic (exact) mass is 347 g/mol. The van der Waals surface area contributed by atoms with Crippen molar-refractivity contribution in [1.29, 1.82) is 0 Å². The molecular weight excluding hydrogens is 333 g/mol. The Hall–Kier alpha value is -3.61. The smallest absolute Gasteiger partial charge is 0.229 e. The van der Waals surface area contributed by atoms with Gasteiger partial charge in [-0.2, -0.15) is 5.10 Å². The van der Waals surface area contributed by atoms with Crippen molar-refractivity contribution < 1.29 is 9.18 Å². The average Bonchev–Trinajstić information content (AvgIpc) is 3.08. The van der Waals surface area contributed by atoms with E-state index in [1.54, 1.807) is 30.6 Å². The van der Waals surface area contributed by atoms with Gasteiger partial charge < -0.3 is 10.3 Å². The molecule has 0 aliphatic carbocycles. The van der Waals surface area contributed by atoms with Crippen LogP contribution in [0.4, 0.5) is 10.2 Å². The average molecular weight is 347 g/mol. The molecule has 2 N–H and O–H groups in total. The third kappa shape index (κ3) is 3.41. The lowest BCUT2D eigenvalue weighted by molar-refractivity contribution is -0.115. The Morgan fingerprint density at radius 2 is 1.92 bits per heavy atom. The van der Waals surface area contributed by atoms with E-state index < -0.39 is 0 Å². The quantitative estimate of drug-likeness (QED) is 0.593. The Bertz CT molecular complexity index is 1040. The molecule has 4 aromatic rings. The van der Waals surface area contributed by atoms with Crippen LogP contribution >= 0.6 is 0 Å². The highest BCUT2D eigenvalue weighted by Gasteiger charge is 2.08. The largest absolute Gasteiger partial charge is 0.353 e. The summed E-state index contributed by atoms with van der Waals surface area (Å²) in [7, 11) is 0. The number of aromatic nitrogens is 4. The van der Waals surface area contributed by atoms with E-state index >= 15 is 0 Å². The maximum atomic E-state index is 12.9. The lowest BCUT2D eigenvalue weighted by Gasteiger charge is -2.06. The van der Waals surface area contributed by atoms with Gasteiger partial charge in [0.25, 0.3) is 0 Å². The standard InChI is InChI=1S/C19H14FN5O/c20-14-3-1-12(2-4-14)9-19(26)24-18-10-13(5-7-21-18)16-11-17-15(23-16)6-8-22-25-17/h1-8,10-11,23H,9H2,(H,21,24,26). The van der Waals surface area contributed by atoms with Crippen LogP contribution in [0.15, 0.2) is 60.9 Å². The normalized spacial score (nSPS) is 10.8. The molecule has 0 spiro atoms. The maximum Gasteiger partial charge on any atom is 0.229 e. The Balaban J connectivity index is 1.51. The van der Waals surface area contributed by atoms with Crippen molar-refractivity contribution in [3.63, 3.8) is 0 Å². The number of nitrogens with zero attached hydrogens (tertiary/aromatic N) is 3. The van der Waals surface area contributed by atoms with Gasteiger partial charge in [-0.1, -0.05) is 12.1 Å². The number of fused-ring (bicyclic) bond motifs is 1. The van der Waals surface area contributed by atoms with Crippen LogP contribution in [0.3, 0.4) is 0 Å². The predicted molar refractivity (Wildman–Crippen MR) is 95.9 cm³/mol. The van der Waals surface area contributed by atoms with Gasteiger partial charge in [-0.05, 0) is 42.0 Å². The Morgan fingerprint density at radius 3 is 2.73 bits per heavy atom. The number of H-pyrrole nitrogens is 1. The maximum absolute atomic E-state index is 12.9. The van der Waals surface area contributed by atoms with E-state index in [4.69, 9.17) is 0 Å². The summed E-state index contributed by atoms with van der Waals surface area (Å²) in [5.74, 6) is -0.102. The fourth-order valence-electron chi connectivity index (χ4n) is 2.67. The van der Waals surface area contributed by atoms with E-state index in [0.717, 1.165) is 27.9 Å². The number of benzene rings is 1. The first-order chi connectivity index (χ1) is 12.7. The third-order valence-corrected chi connectivity index (χ3v) is 3.92. The first-order valence-electron chi connectivity index (χ1n) is 7.98. The SMILES string of the molecule is O=C(Cc1ccc(F)cc1)Nc1cc(-c2cc3nnccc3[nH]2)ccn1. The van der Waals surface area contributed by atoms with Gasteiger partial charge in [0, 0.05) is 17.5 Å². The molecule has 0 bridgehead atoms. The van der Waals surface area contributed by atoms with Crippen LogP contribution in [0.2, 0.25) is 0 Å². The molecule has 1 aromatic carbocycles. The molecule has 4 rings (SSSR count). The van der Waals surface area contributed by atoms with Gasteiger partial charge in [-0.25, -0.2) is 9.37 Å². The number of hydrogen-bond acceptors (Lipinski definition) is 4. The molecule has 7 heteroatoms. The summed E-state index contributed by atoms with van der Waals surface area (Å²) in [6.45, 7) is 0. The number of pyridine rings is 1. The lowest BCUT2D eigenvalue weighted by atomic mass is 10.1. The number of carbonyl (C=O) groups is 1. The topological polar surface area (TPSA) is 83.6 Å². The molecule has 3 aromatic heterocycles. The van der Waals surface area contributed by atoms with Crippen LogP contribution in [0.25, 0.3) is 22.3 Å². The molecule has 6 nitrogen and oxygen atoms in total. The van der Waals surface area contributed by atoms with Crippen molar-refractivity contribution in [3.8, 4) is 11.3 Å². The number of halogens is 1. The Morgan fingerprint density at radius 1 is 1.08 bits per heavy atom. The van der Waals surface area contributed by atoms with Crippen molar-refractivity contribution in [3.05, 3.63) is 72.3 Å². The molecular formula is C19H14FN5O. The Kier molecular flexibility index (Phi) is 4.10. The predicted octanol–water partition coefficient (Wildman–Crippen LogP) is 3.34. The summed E-state index contributed by atoms with van der Waals surface area (Å²) >= 11 is 0. The second kappa shape index (κ2) is 6.72. The molecule has 0 unspecified atom stereocenters. The Labute approximate surface area is 148 Å². The number of amides is 1. The molecule has 0 aliphatic heterocycles.